The van der Waals surface area contributed by atoms with Gasteiger partial charge in [-0.15, -0.1) is 0 Å². The van der Waals surface area contributed by atoms with Gasteiger partial charge < -0.3 is 9.64 Å². The monoisotopic (exact) mass is 327 g/mol. The summed E-state index contributed by atoms with van der Waals surface area (Å²) in [7, 11) is 1.64. The number of likely N-dealkylation sites (tertiary alicyclic amines) is 1. The van der Waals surface area contributed by atoms with Gasteiger partial charge in [-0.1, -0.05) is 12.1 Å². The van der Waals surface area contributed by atoms with Gasteiger partial charge in [0.15, 0.2) is 0 Å². The zero-order valence-electron chi connectivity index (χ0n) is 14.7. The van der Waals surface area contributed by atoms with Gasteiger partial charge in [0.25, 0.3) is 0 Å². The number of rotatable bonds is 5. The van der Waals surface area contributed by atoms with Crippen LogP contribution in [0.2, 0.25) is 0 Å². The standard InChI is InChI=1S/C19H25N3O2/c1-14-10-15(2)22(20-14)13-17-7-5-9-21(17)19(23)12-16-6-4-8-18(11-16)24-3/h4,6,8,10-11,17H,5,7,9,12-13H2,1-3H3. The highest BCUT2D eigenvalue weighted by Gasteiger charge is 2.29. The van der Waals surface area contributed by atoms with Crippen LogP contribution in [-0.4, -0.2) is 40.3 Å². The third-order valence-corrected chi connectivity index (χ3v) is 4.67. The second-order valence-corrected chi connectivity index (χ2v) is 6.52. The molecule has 1 aromatic heterocycles. The van der Waals surface area contributed by atoms with Crippen LogP contribution < -0.4 is 4.74 Å². The average Bonchev–Trinajstić information content (AvgIpc) is 3.14. The van der Waals surface area contributed by atoms with Crippen LogP contribution in [0.15, 0.2) is 30.3 Å². The predicted molar refractivity (Wildman–Crippen MR) is 93.1 cm³/mol. The number of benzene rings is 1. The molecule has 2 heterocycles. The number of aromatic nitrogens is 2. The number of hydrogen-bond acceptors (Lipinski definition) is 3. The third kappa shape index (κ3) is 3.61. The number of hydrogen-bond donors (Lipinski definition) is 0. The van der Waals surface area contributed by atoms with Gasteiger partial charge in [0.05, 0.1) is 31.8 Å². The van der Waals surface area contributed by atoms with E-state index in [1.54, 1.807) is 7.11 Å². The average molecular weight is 327 g/mol. The van der Waals surface area contributed by atoms with Crippen LogP contribution in [0.4, 0.5) is 0 Å². The molecule has 1 aromatic carbocycles. The lowest BCUT2D eigenvalue weighted by atomic mass is 10.1. The van der Waals surface area contributed by atoms with Gasteiger partial charge in [0, 0.05) is 12.2 Å². The van der Waals surface area contributed by atoms with E-state index in [9.17, 15) is 4.79 Å². The van der Waals surface area contributed by atoms with Crippen molar-refractivity contribution in [2.75, 3.05) is 13.7 Å². The van der Waals surface area contributed by atoms with Crippen molar-refractivity contribution in [1.82, 2.24) is 14.7 Å². The molecule has 1 amide bonds. The number of ether oxygens (including phenoxy) is 1. The van der Waals surface area contributed by atoms with Crippen molar-refractivity contribution in [3.63, 3.8) is 0 Å². The first-order chi connectivity index (χ1) is 11.6. The summed E-state index contributed by atoms with van der Waals surface area (Å²) in [5, 5.41) is 4.54. The first kappa shape index (κ1) is 16.6. The van der Waals surface area contributed by atoms with E-state index in [0.717, 1.165) is 48.6 Å². The lowest BCUT2D eigenvalue weighted by molar-refractivity contribution is -0.131. The smallest absolute Gasteiger partial charge is 0.227 e. The molecule has 0 N–H and O–H groups in total. The highest BCUT2D eigenvalue weighted by Crippen LogP contribution is 2.22. The van der Waals surface area contributed by atoms with E-state index in [1.165, 1.54) is 0 Å². The molecule has 0 saturated carbocycles. The Morgan fingerprint density at radius 1 is 1.33 bits per heavy atom. The molecule has 0 spiro atoms. The molecule has 0 bridgehead atoms. The Morgan fingerprint density at radius 2 is 2.17 bits per heavy atom. The summed E-state index contributed by atoms with van der Waals surface area (Å²) in [6, 6.07) is 10.1. The predicted octanol–water partition coefficient (Wildman–Crippen LogP) is 2.74. The summed E-state index contributed by atoms with van der Waals surface area (Å²) in [6.07, 6.45) is 2.53. The van der Waals surface area contributed by atoms with Crippen molar-refractivity contribution in [1.29, 1.82) is 0 Å². The van der Waals surface area contributed by atoms with E-state index in [1.807, 2.05) is 40.8 Å². The minimum absolute atomic E-state index is 0.187. The fraction of sp³-hybridized carbons (Fsp3) is 0.474. The SMILES string of the molecule is COc1cccc(CC(=O)N2CCCC2Cn2nc(C)cc2C)c1. The summed E-state index contributed by atoms with van der Waals surface area (Å²) in [5.41, 5.74) is 3.18. The molecule has 5 nitrogen and oxygen atoms in total. The Hall–Kier alpha value is -2.30. The zero-order valence-corrected chi connectivity index (χ0v) is 14.7. The topological polar surface area (TPSA) is 47.4 Å². The van der Waals surface area contributed by atoms with Crippen molar-refractivity contribution in [3.05, 3.63) is 47.3 Å². The normalized spacial score (nSPS) is 17.3. The van der Waals surface area contributed by atoms with Gasteiger partial charge in [-0.25, -0.2) is 0 Å². The van der Waals surface area contributed by atoms with Gasteiger partial charge in [0.2, 0.25) is 5.91 Å². The minimum atomic E-state index is 0.187. The van der Waals surface area contributed by atoms with E-state index in [0.29, 0.717) is 6.42 Å². The van der Waals surface area contributed by atoms with Crippen molar-refractivity contribution in [2.24, 2.45) is 0 Å². The highest BCUT2D eigenvalue weighted by atomic mass is 16.5. The summed E-state index contributed by atoms with van der Waals surface area (Å²) < 4.78 is 7.27. The van der Waals surface area contributed by atoms with Crippen LogP contribution in [0.25, 0.3) is 0 Å². The van der Waals surface area contributed by atoms with Gasteiger partial charge in [-0.2, -0.15) is 5.10 Å². The van der Waals surface area contributed by atoms with Gasteiger partial charge in [0.1, 0.15) is 5.75 Å². The zero-order chi connectivity index (χ0) is 17.1. The van der Waals surface area contributed by atoms with E-state index in [-0.39, 0.29) is 11.9 Å². The Balaban J connectivity index is 1.68. The molecule has 0 aliphatic carbocycles. The summed E-state index contributed by atoms with van der Waals surface area (Å²) >= 11 is 0. The van der Waals surface area contributed by atoms with E-state index >= 15 is 0 Å². The Bertz CT molecular complexity index is 723. The lowest BCUT2D eigenvalue weighted by Gasteiger charge is -2.25. The summed E-state index contributed by atoms with van der Waals surface area (Å²) in [5.74, 6) is 0.980. The fourth-order valence-electron chi connectivity index (χ4n) is 3.47. The first-order valence-electron chi connectivity index (χ1n) is 8.50. The molecule has 1 unspecified atom stereocenters. The van der Waals surface area contributed by atoms with Crippen LogP contribution in [0, 0.1) is 13.8 Å². The molecule has 1 aliphatic rings. The third-order valence-electron chi connectivity index (χ3n) is 4.67. The number of nitrogens with zero attached hydrogens (tertiary/aromatic N) is 3. The van der Waals surface area contributed by atoms with Crippen LogP contribution in [0.5, 0.6) is 5.75 Å². The van der Waals surface area contributed by atoms with E-state index in [4.69, 9.17) is 4.74 Å². The molecule has 0 radical (unpaired) electrons. The molecule has 1 aliphatic heterocycles. The molecular formula is C19H25N3O2. The second-order valence-electron chi connectivity index (χ2n) is 6.52. The van der Waals surface area contributed by atoms with Crippen LogP contribution in [-0.2, 0) is 17.8 Å². The lowest BCUT2D eigenvalue weighted by Crippen LogP contribution is -2.39. The van der Waals surface area contributed by atoms with Crippen molar-refractivity contribution in [2.45, 2.75) is 45.7 Å². The van der Waals surface area contributed by atoms with Gasteiger partial charge in [-0.05, 0) is 50.5 Å². The Morgan fingerprint density at radius 3 is 2.88 bits per heavy atom. The highest BCUT2D eigenvalue weighted by molar-refractivity contribution is 5.79. The Labute approximate surface area is 143 Å². The maximum atomic E-state index is 12.8. The van der Waals surface area contributed by atoms with E-state index < -0.39 is 0 Å². The number of carbonyl (C=O) groups excluding carboxylic acids is 1. The van der Waals surface area contributed by atoms with Crippen LogP contribution >= 0.6 is 0 Å². The molecule has 2 aromatic rings. The quantitative estimate of drug-likeness (QED) is 0.848. The summed E-state index contributed by atoms with van der Waals surface area (Å²) in [4.78, 5) is 14.8. The fourth-order valence-corrected chi connectivity index (χ4v) is 3.47. The second kappa shape index (κ2) is 7.07. The number of aryl methyl sites for hydroxylation is 2. The van der Waals surface area contributed by atoms with E-state index in [2.05, 4.69) is 18.1 Å². The number of methoxy groups -OCH3 is 1. The molecule has 24 heavy (non-hydrogen) atoms. The molecule has 1 fully saturated rings. The van der Waals surface area contributed by atoms with Gasteiger partial charge in [-0.3, -0.25) is 9.48 Å². The number of carbonyl (C=O) groups is 1. The Kier molecular flexibility index (Phi) is 4.88. The molecule has 1 saturated heterocycles. The summed E-state index contributed by atoms with van der Waals surface area (Å²) in [6.45, 7) is 5.69. The first-order valence-corrected chi connectivity index (χ1v) is 8.50. The molecule has 5 heteroatoms. The molecular weight excluding hydrogens is 302 g/mol. The number of amides is 1. The van der Waals surface area contributed by atoms with Crippen LogP contribution in [0.1, 0.15) is 29.8 Å². The minimum Gasteiger partial charge on any atom is -0.497 e. The van der Waals surface area contributed by atoms with Crippen molar-refractivity contribution < 1.29 is 9.53 Å². The molecule has 3 rings (SSSR count). The maximum Gasteiger partial charge on any atom is 0.227 e. The largest absolute Gasteiger partial charge is 0.497 e. The maximum absolute atomic E-state index is 12.8. The molecule has 128 valence electrons. The van der Waals surface area contributed by atoms with Crippen LogP contribution in [0.3, 0.4) is 0 Å². The van der Waals surface area contributed by atoms with Crippen molar-refractivity contribution >= 4 is 5.91 Å². The van der Waals surface area contributed by atoms with Crippen molar-refractivity contribution in [3.8, 4) is 5.75 Å². The molecule has 1 atom stereocenters. The van der Waals surface area contributed by atoms with Gasteiger partial charge >= 0.3 is 0 Å².